The second-order valence-electron chi connectivity index (χ2n) is 1.89. The maximum Gasteiger partial charge on any atom is 0.317 e. The quantitative estimate of drug-likeness (QED) is 0.480. The van der Waals surface area contributed by atoms with Crippen LogP contribution < -0.4 is 0 Å². The molecule has 12 heavy (non-hydrogen) atoms. The van der Waals surface area contributed by atoms with Crippen LogP contribution in [0.4, 0.5) is 0 Å². The number of ether oxygens (including phenoxy) is 1. The lowest BCUT2D eigenvalue weighted by Crippen LogP contribution is -1.96. The van der Waals surface area contributed by atoms with Gasteiger partial charge in [-0.3, -0.25) is 4.79 Å². The molecule has 1 aromatic heterocycles. The van der Waals surface area contributed by atoms with Gasteiger partial charge in [0.25, 0.3) is 0 Å². The largest absolute Gasteiger partial charge is 0.468 e. The number of carbonyl (C=O) groups is 1. The van der Waals surface area contributed by atoms with E-state index >= 15 is 0 Å². The van der Waals surface area contributed by atoms with E-state index in [1.807, 2.05) is 5.38 Å². The van der Waals surface area contributed by atoms with E-state index in [0.29, 0.717) is 0 Å². The minimum atomic E-state index is -0.320. The summed E-state index contributed by atoms with van der Waals surface area (Å²) in [5, 5.41) is 2.56. The molecule has 1 aromatic rings. The third-order valence-electron chi connectivity index (χ3n) is 1.09. The van der Waals surface area contributed by atoms with Crippen molar-refractivity contribution in [1.82, 2.24) is 4.98 Å². The maximum atomic E-state index is 10.6. The summed E-state index contributed by atoms with van der Waals surface area (Å²) in [6.07, 6.45) is 1.79. The van der Waals surface area contributed by atoms with E-state index < -0.39 is 0 Å². The van der Waals surface area contributed by atoms with E-state index in [1.165, 1.54) is 18.4 Å². The Bertz CT molecular complexity index is 308. The Hall–Kier alpha value is -1.34. The Balaban J connectivity index is 2.45. The average molecular weight is 181 g/mol. The summed E-state index contributed by atoms with van der Waals surface area (Å²) in [5.41, 5.74) is 0. The van der Waals surface area contributed by atoms with Crippen molar-refractivity contribution in [3.05, 3.63) is 16.6 Å². The lowest BCUT2D eigenvalue weighted by molar-refractivity contribution is -0.139. The summed E-state index contributed by atoms with van der Waals surface area (Å²) in [7, 11) is 1.34. The van der Waals surface area contributed by atoms with Gasteiger partial charge in [-0.15, -0.1) is 11.3 Å². The van der Waals surface area contributed by atoms with E-state index in [2.05, 4.69) is 21.6 Å². The molecule has 0 aliphatic heterocycles. The summed E-state index contributed by atoms with van der Waals surface area (Å²) in [4.78, 5) is 14.5. The molecule has 0 aromatic carbocycles. The summed E-state index contributed by atoms with van der Waals surface area (Å²) in [6, 6.07) is 0. The molecule has 0 saturated heterocycles. The number of methoxy groups -OCH3 is 1. The van der Waals surface area contributed by atoms with Gasteiger partial charge in [0.1, 0.15) is 6.42 Å². The van der Waals surface area contributed by atoms with Crippen molar-refractivity contribution in [2.24, 2.45) is 0 Å². The van der Waals surface area contributed by atoms with Crippen LogP contribution in [0.1, 0.15) is 11.4 Å². The summed E-state index contributed by atoms with van der Waals surface area (Å²) in [5.74, 6) is 5.09. The number of carbonyl (C=O) groups excluding carboxylic acids is 1. The molecule has 0 N–H and O–H groups in total. The minimum Gasteiger partial charge on any atom is -0.468 e. The number of esters is 1. The lowest BCUT2D eigenvalue weighted by Gasteiger charge is -1.88. The van der Waals surface area contributed by atoms with Crippen molar-refractivity contribution >= 4 is 17.3 Å². The maximum absolute atomic E-state index is 10.6. The summed E-state index contributed by atoms with van der Waals surface area (Å²) < 4.78 is 4.41. The molecule has 0 unspecified atom stereocenters. The zero-order chi connectivity index (χ0) is 8.81. The van der Waals surface area contributed by atoms with Crippen LogP contribution >= 0.6 is 11.3 Å². The second kappa shape index (κ2) is 4.52. The number of thiazole rings is 1. The van der Waals surface area contributed by atoms with Crippen molar-refractivity contribution in [2.45, 2.75) is 6.42 Å². The van der Waals surface area contributed by atoms with Gasteiger partial charge < -0.3 is 4.74 Å². The first-order valence-electron chi connectivity index (χ1n) is 3.28. The number of hydrogen-bond acceptors (Lipinski definition) is 4. The van der Waals surface area contributed by atoms with E-state index in [1.54, 1.807) is 6.20 Å². The van der Waals surface area contributed by atoms with Crippen molar-refractivity contribution in [1.29, 1.82) is 0 Å². The Morgan fingerprint density at radius 3 is 3.25 bits per heavy atom. The molecule has 0 atom stereocenters. The SMILES string of the molecule is COC(=O)CC#Cc1nccs1. The molecule has 4 heteroatoms. The van der Waals surface area contributed by atoms with Gasteiger partial charge in [-0.25, -0.2) is 4.98 Å². The highest BCUT2D eigenvalue weighted by Gasteiger charge is 1.93. The van der Waals surface area contributed by atoms with E-state index in [-0.39, 0.29) is 12.4 Å². The van der Waals surface area contributed by atoms with Crippen LogP contribution in [0.3, 0.4) is 0 Å². The van der Waals surface area contributed by atoms with Crippen molar-refractivity contribution < 1.29 is 9.53 Å². The van der Waals surface area contributed by atoms with Gasteiger partial charge in [0, 0.05) is 11.6 Å². The number of rotatable bonds is 1. The van der Waals surface area contributed by atoms with Crippen LogP contribution in [0.2, 0.25) is 0 Å². The first-order valence-corrected chi connectivity index (χ1v) is 4.16. The Labute approximate surface area is 74.4 Å². The molecule has 0 bridgehead atoms. The van der Waals surface area contributed by atoms with Crippen molar-refractivity contribution in [2.75, 3.05) is 7.11 Å². The topological polar surface area (TPSA) is 39.2 Å². The Morgan fingerprint density at radius 1 is 1.83 bits per heavy atom. The fraction of sp³-hybridized carbons (Fsp3) is 0.250. The molecule has 0 aliphatic carbocycles. The Kier molecular flexibility index (Phi) is 3.30. The van der Waals surface area contributed by atoms with Crippen LogP contribution in [0, 0.1) is 11.8 Å². The highest BCUT2D eigenvalue weighted by atomic mass is 32.1. The molecule has 62 valence electrons. The van der Waals surface area contributed by atoms with E-state index in [4.69, 9.17) is 0 Å². The number of nitrogens with zero attached hydrogens (tertiary/aromatic N) is 1. The fourth-order valence-corrected chi connectivity index (χ4v) is 1.05. The smallest absolute Gasteiger partial charge is 0.317 e. The summed E-state index contributed by atoms with van der Waals surface area (Å²) >= 11 is 1.45. The minimum absolute atomic E-state index is 0.121. The van der Waals surface area contributed by atoms with Gasteiger partial charge in [-0.2, -0.15) is 0 Å². The van der Waals surface area contributed by atoms with Gasteiger partial charge in [0.2, 0.25) is 0 Å². The number of aromatic nitrogens is 1. The molecule has 0 aliphatic rings. The molecule has 0 radical (unpaired) electrons. The molecule has 1 rings (SSSR count). The fourth-order valence-electron chi connectivity index (χ4n) is 0.549. The van der Waals surface area contributed by atoms with Crippen LogP contribution in [0.25, 0.3) is 0 Å². The molecular formula is C8H7NO2S. The normalized spacial score (nSPS) is 8.42. The van der Waals surface area contributed by atoms with Gasteiger partial charge in [-0.05, 0) is 5.92 Å². The standard InChI is InChI=1S/C8H7NO2S/c1-11-8(10)4-2-3-7-9-5-6-12-7/h5-6H,4H2,1H3. The molecular weight excluding hydrogens is 174 g/mol. The molecule has 0 saturated carbocycles. The van der Waals surface area contributed by atoms with Crippen molar-refractivity contribution in [3.63, 3.8) is 0 Å². The molecule has 3 nitrogen and oxygen atoms in total. The first-order chi connectivity index (χ1) is 5.83. The second-order valence-corrected chi connectivity index (χ2v) is 2.79. The first kappa shape index (κ1) is 8.75. The van der Waals surface area contributed by atoms with E-state index in [0.717, 1.165) is 5.01 Å². The lowest BCUT2D eigenvalue weighted by atomic mass is 10.4. The van der Waals surface area contributed by atoms with Gasteiger partial charge in [-0.1, -0.05) is 5.92 Å². The van der Waals surface area contributed by atoms with Crippen LogP contribution in [0.15, 0.2) is 11.6 Å². The highest BCUT2D eigenvalue weighted by molar-refractivity contribution is 7.10. The number of hydrogen-bond donors (Lipinski definition) is 0. The highest BCUT2D eigenvalue weighted by Crippen LogP contribution is 2.00. The van der Waals surface area contributed by atoms with E-state index in [9.17, 15) is 4.79 Å². The molecule has 0 spiro atoms. The van der Waals surface area contributed by atoms with Crippen LogP contribution in [0.5, 0.6) is 0 Å². The summed E-state index contributed by atoms with van der Waals surface area (Å²) in [6.45, 7) is 0. The average Bonchev–Trinajstić information content (AvgIpc) is 2.57. The monoisotopic (exact) mass is 181 g/mol. The Morgan fingerprint density at radius 2 is 2.67 bits per heavy atom. The third-order valence-corrected chi connectivity index (χ3v) is 1.78. The van der Waals surface area contributed by atoms with Crippen LogP contribution in [-0.4, -0.2) is 18.1 Å². The predicted octanol–water partition coefficient (Wildman–Crippen LogP) is 1.06. The molecule has 1 heterocycles. The third kappa shape index (κ3) is 2.72. The predicted molar refractivity (Wildman–Crippen MR) is 45.6 cm³/mol. The zero-order valence-corrected chi connectivity index (χ0v) is 7.35. The van der Waals surface area contributed by atoms with Gasteiger partial charge >= 0.3 is 5.97 Å². The molecule has 0 amide bonds. The van der Waals surface area contributed by atoms with Gasteiger partial charge in [0.15, 0.2) is 5.01 Å². The van der Waals surface area contributed by atoms with Crippen molar-refractivity contribution in [3.8, 4) is 11.8 Å². The van der Waals surface area contributed by atoms with Gasteiger partial charge in [0.05, 0.1) is 7.11 Å². The van der Waals surface area contributed by atoms with Crippen LogP contribution in [-0.2, 0) is 9.53 Å². The zero-order valence-electron chi connectivity index (χ0n) is 6.53. The molecule has 0 fully saturated rings.